The molecule has 0 spiro atoms. The summed E-state index contributed by atoms with van der Waals surface area (Å²) in [4.78, 5) is 22.4. The van der Waals surface area contributed by atoms with Gasteiger partial charge in [0.15, 0.2) is 5.82 Å². The molecule has 1 unspecified atom stereocenters. The molecule has 0 saturated carbocycles. The third kappa shape index (κ3) is 3.18. The Morgan fingerprint density at radius 2 is 2.15 bits per heavy atom. The zero-order valence-electron chi connectivity index (χ0n) is 15.5. The van der Waals surface area contributed by atoms with Gasteiger partial charge in [-0.2, -0.15) is 10.1 Å². The van der Waals surface area contributed by atoms with E-state index in [-0.39, 0.29) is 11.9 Å². The van der Waals surface area contributed by atoms with E-state index in [0.29, 0.717) is 25.0 Å². The maximum atomic E-state index is 12.1. The number of hydrogen-bond donors (Lipinski definition) is 0. The first-order valence-electron chi connectivity index (χ1n) is 9.13. The van der Waals surface area contributed by atoms with Crippen LogP contribution >= 0.6 is 0 Å². The van der Waals surface area contributed by atoms with Crippen molar-refractivity contribution < 1.29 is 9.32 Å². The summed E-state index contributed by atoms with van der Waals surface area (Å²) in [6.07, 6.45) is 4.78. The number of hydrogen-bond acceptors (Lipinski definition) is 6. The van der Waals surface area contributed by atoms with Crippen molar-refractivity contribution in [2.75, 3.05) is 38.1 Å². The Bertz CT molecular complexity index is 784. The Morgan fingerprint density at radius 1 is 1.31 bits per heavy atom. The second-order valence-corrected chi connectivity index (χ2v) is 7.41. The van der Waals surface area contributed by atoms with Gasteiger partial charge in [0.25, 0.3) is 0 Å². The summed E-state index contributed by atoms with van der Waals surface area (Å²) in [7, 11) is 1.82. The summed E-state index contributed by atoms with van der Waals surface area (Å²) >= 11 is 0. The summed E-state index contributed by atoms with van der Waals surface area (Å²) in [6.45, 7) is 8.09. The molecule has 0 radical (unpaired) electrons. The van der Waals surface area contributed by atoms with E-state index in [1.165, 1.54) is 0 Å². The number of nitrogens with zero attached hydrogens (tertiary/aromatic N) is 7. The molecule has 2 aromatic rings. The van der Waals surface area contributed by atoms with E-state index < -0.39 is 0 Å². The first kappa shape index (κ1) is 17.0. The number of rotatable bonds is 5. The first-order valence-corrected chi connectivity index (χ1v) is 9.13. The molecule has 2 fully saturated rings. The number of likely N-dealkylation sites (N-methyl/N-ethyl adjacent to an activating group) is 1. The molecule has 2 aliphatic rings. The lowest BCUT2D eigenvalue weighted by Gasteiger charge is -2.15. The van der Waals surface area contributed by atoms with Gasteiger partial charge in [-0.1, -0.05) is 19.0 Å². The van der Waals surface area contributed by atoms with Crippen molar-refractivity contribution in [3.63, 3.8) is 0 Å². The third-order valence-corrected chi connectivity index (χ3v) is 5.10. The fourth-order valence-electron chi connectivity index (χ4n) is 3.48. The van der Waals surface area contributed by atoms with Crippen molar-refractivity contribution in [2.45, 2.75) is 38.8 Å². The number of carbonyl (C=O) groups is 1. The molecule has 4 rings (SSSR count). The predicted molar refractivity (Wildman–Crippen MR) is 94.9 cm³/mol. The Balaban J connectivity index is 1.37. The molecule has 26 heavy (non-hydrogen) atoms. The fraction of sp³-hybridized carbons (Fsp3) is 0.647. The zero-order chi connectivity index (χ0) is 18.3. The van der Waals surface area contributed by atoms with Crippen molar-refractivity contribution in [3.05, 3.63) is 24.1 Å². The van der Waals surface area contributed by atoms with E-state index >= 15 is 0 Å². The van der Waals surface area contributed by atoms with Crippen LogP contribution in [-0.2, 0) is 6.54 Å². The normalized spacial score (nSPS) is 21.5. The summed E-state index contributed by atoms with van der Waals surface area (Å²) in [5.74, 6) is 1.70. The third-order valence-electron chi connectivity index (χ3n) is 5.10. The molecule has 2 aliphatic heterocycles. The SMILES string of the molecule is CC(C)c1noc(CN2CCC(n3cc(N4CCN(C)C4=O)cn3)C2)n1. The Morgan fingerprint density at radius 3 is 2.85 bits per heavy atom. The molecule has 2 saturated heterocycles. The minimum absolute atomic E-state index is 0.0370. The molecular weight excluding hydrogens is 334 g/mol. The maximum absolute atomic E-state index is 12.1. The van der Waals surface area contributed by atoms with Crippen LogP contribution in [0.1, 0.15) is 43.9 Å². The minimum atomic E-state index is 0.0370. The van der Waals surface area contributed by atoms with E-state index in [1.807, 2.05) is 17.9 Å². The Hall–Kier alpha value is -2.42. The van der Waals surface area contributed by atoms with E-state index in [9.17, 15) is 4.79 Å². The summed E-state index contributed by atoms with van der Waals surface area (Å²) in [5.41, 5.74) is 0.872. The van der Waals surface area contributed by atoms with Crippen molar-refractivity contribution in [1.29, 1.82) is 0 Å². The Kier molecular flexibility index (Phi) is 4.39. The van der Waals surface area contributed by atoms with Gasteiger partial charge in [-0.05, 0) is 6.42 Å². The molecular formula is C17H25N7O2. The van der Waals surface area contributed by atoms with Gasteiger partial charge in [0.2, 0.25) is 5.89 Å². The summed E-state index contributed by atoms with van der Waals surface area (Å²) in [5, 5.41) is 8.52. The van der Waals surface area contributed by atoms with Gasteiger partial charge in [-0.15, -0.1) is 0 Å². The highest BCUT2D eigenvalue weighted by Crippen LogP contribution is 2.26. The highest BCUT2D eigenvalue weighted by molar-refractivity contribution is 5.93. The Labute approximate surface area is 152 Å². The summed E-state index contributed by atoms with van der Waals surface area (Å²) in [6, 6.07) is 0.335. The van der Waals surface area contributed by atoms with E-state index in [4.69, 9.17) is 4.52 Å². The molecule has 2 amide bonds. The number of carbonyl (C=O) groups excluding carboxylic acids is 1. The van der Waals surface area contributed by atoms with Gasteiger partial charge < -0.3 is 9.42 Å². The molecule has 4 heterocycles. The van der Waals surface area contributed by atoms with Gasteiger partial charge in [0, 0.05) is 45.3 Å². The van der Waals surface area contributed by atoms with Crippen LogP contribution in [0, 0.1) is 0 Å². The molecule has 9 heteroatoms. The molecule has 0 N–H and O–H groups in total. The van der Waals surface area contributed by atoms with Gasteiger partial charge in [0.05, 0.1) is 24.5 Å². The van der Waals surface area contributed by atoms with E-state index in [0.717, 1.165) is 37.6 Å². The maximum Gasteiger partial charge on any atom is 0.324 e. The highest BCUT2D eigenvalue weighted by atomic mass is 16.5. The first-order chi connectivity index (χ1) is 12.5. The van der Waals surface area contributed by atoms with Crippen LogP contribution in [0.25, 0.3) is 0 Å². The predicted octanol–water partition coefficient (Wildman–Crippen LogP) is 1.71. The number of likely N-dealkylation sites (tertiary alicyclic amines) is 1. The molecule has 1 atom stereocenters. The van der Waals surface area contributed by atoms with Gasteiger partial charge >= 0.3 is 6.03 Å². The molecule has 140 valence electrons. The van der Waals surface area contributed by atoms with Crippen molar-refractivity contribution in [2.24, 2.45) is 0 Å². The van der Waals surface area contributed by atoms with E-state index in [2.05, 4.69) is 34.0 Å². The molecule has 9 nitrogen and oxygen atoms in total. The second-order valence-electron chi connectivity index (χ2n) is 7.41. The minimum Gasteiger partial charge on any atom is -0.338 e. The van der Waals surface area contributed by atoms with Crippen LogP contribution < -0.4 is 4.90 Å². The largest absolute Gasteiger partial charge is 0.338 e. The second kappa shape index (κ2) is 6.71. The number of aromatic nitrogens is 4. The van der Waals surface area contributed by atoms with Crippen LogP contribution in [0.15, 0.2) is 16.9 Å². The standard InChI is InChI=1S/C17H25N7O2/c1-12(2)16-19-15(26-20-16)11-22-5-4-13(9-22)24-10-14(8-18-24)23-7-6-21(3)17(23)25/h8,10,12-13H,4-7,9,11H2,1-3H3. The highest BCUT2D eigenvalue weighted by Gasteiger charge is 2.30. The van der Waals surface area contributed by atoms with Crippen LogP contribution in [0.4, 0.5) is 10.5 Å². The lowest BCUT2D eigenvalue weighted by atomic mass is 10.2. The topological polar surface area (TPSA) is 83.5 Å². The lowest BCUT2D eigenvalue weighted by Crippen LogP contribution is -2.28. The van der Waals surface area contributed by atoms with Crippen molar-refractivity contribution in [3.8, 4) is 0 Å². The molecule has 0 aliphatic carbocycles. The average Bonchev–Trinajstić information content (AvgIpc) is 3.37. The molecule has 2 aromatic heterocycles. The van der Waals surface area contributed by atoms with E-state index in [1.54, 1.807) is 16.0 Å². The monoisotopic (exact) mass is 359 g/mol. The van der Waals surface area contributed by atoms with Gasteiger partial charge in [0.1, 0.15) is 0 Å². The zero-order valence-corrected chi connectivity index (χ0v) is 15.5. The molecule has 0 aromatic carbocycles. The van der Waals surface area contributed by atoms with Crippen LogP contribution in [0.2, 0.25) is 0 Å². The quantitative estimate of drug-likeness (QED) is 0.808. The van der Waals surface area contributed by atoms with Crippen molar-refractivity contribution in [1.82, 2.24) is 29.7 Å². The van der Waals surface area contributed by atoms with Crippen LogP contribution in [-0.4, -0.2) is 69.0 Å². The number of amides is 2. The smallest absolute Gasteiger partial charge is 0.324 e. The fourth-order valence-corrected chi connectivity index (χ4v) is 3.48. The van der Waals surface area contributed by atoms with Gasteiger partial charge in [-0.25, -0.2) is 4.79 Å². The summed E-state index contributed by atoms with van der Waals surface area (Å²) < 4.78 is 7.33. The van der Waals surface area contributed by atoms with Crippen LogP contribution in [0.3, 0.4) is 0 Å². The number of anilines is 1. The lowest BCUT2D eigenvalue weighted by molar-refractivity contribution is 0.229. The average molecular weight is 359 g/mol. The van der Waals surface area contributed by atoms with Gasteiger partial charge in [-0.3, -0.25) is 14.5 Å². The number of urea groups is 1. The molecule has 0 bridgehead atoms. The van der Waals surface area contributed by atoms with Crippen molar-refractivity contribution >= 4 is 11.7 Å². The van der Waals surface area contributed by atoms with Crippen LogP contribution in [0.5, 0.6) is 0 Å².